The molecule has 0 N–H and O–H groups in total. The molecule has 1 aliphatic heterocycles. The summed E-state index contributed by atoms with van der Waals surface area (Å²) in [6, 6.07) is 39.8. The van der Waals surface area contributed by atoms with Gasteiger partial charge in [0.05, 0.1) is 33.5 Å². The lowest BCUT2D eigenvalue weighted by molar-refractivity contribution is 0.251. The van der Waals surface area contributed by atoms with Gasteiger partial charge in [-0.1, -0.05) is 97.1 Å². The molecule has 0 saturated carbocycles. The van der Waals surface area contributed by atoms with E-state index in [4.69, 9.17) is 15.0 Å². The third kappa shape index (κ3) is 3.65. The van der Waals surface area contributed by atoms with Crippen LogP contribution in [-0.4, -0.2) is 25.1 Å². The van der Waals surface area contributed by atoms with Crippen molar-refractivity contribution in [1.82, 2.24) is 19.5 Å². The highest BCUT2D eigenvalue weighted by Gasteiger charge is 2.54. The van der Waals surface area contributed by atoms with Gasteiger partial charge in [-0.15, -0.1) is 0 Å². The minimum atomic E-state index is -0.356. The Hall–Kier alpha value is -4.77. The van der Waals surface area contributed by atoms with Crippen LogP contribution in [0.2, 0.25) is 0 Å². The first-order valence-electron chi connectivity index (χ1n) is 13.7. The van der Waals surface area contributed by atoms with E-state index in [1.54, 1.807) is 0 Å². The van der Waals surface area contributed by atoms with Crippen molar-refractivity contribution in [3.05, 3.63) is 115 Å². The van der Waals surface area contributed by atoms with Gasteiger partial charge in [-0.25, -0.2) is 15.0 Å². The molecule has 0 atom stereocenters. The zero-order valence-corrected chi connectivity index (χ0v) is 23.2. The average Bonchev–Trinajstić information content (AvgIpc) is 3.43. The molecule has 0 saturated heterocycles. The second-order valence-corrected chi connectivity index (χ2v) is 11.4. The third-order valence-corrected chi connectivity index (χ3v) is 8.61. The van der Waals surface area contributed by atoms with E-state index in [0.717, 1.165) is 45.1 Å². The van der Waals surface area contributed by atoms with E-state index in [0.29, 0.717) is 5.95 Å². The highest BCUT2D eigenvalue weighted by Crippen LogP contribution is 2.51. The fourth-order valence-corrected chi connectivity index (χ4v) is 5.76. The van der Waals surface area contributed by atoms with Crippen LogP contribution in [0.1, 0.15) is 27.7 Å². The molecule has 196 valence electrons. The first-order chi connectivity index (χ1) is 19.3. The van der Waals surface area contributed by atoms with Gasteiger partial charge >= 0.3 is 0 Å². The Morgan fingerprint density at radius 1 is 0.500 bits per heavy atom. The van der Waals surface area contributed by atoms with E-state index in [-0.39, 0.29) is 11.1 Å². The lowest BCUT2D eigenvalue weighted by atomic mass is 9.82. The molecule has 5 nitrogen and oxygen atoms in total. The van der Waals surface area contributed by atoms with E-state index >= 15 is 0 Å². The predicted octanol–water partition coefficient (Wildman–Crippen LogP) is 8.49. The van der Waals surface area contributed by atoms with Gasteiger partial charge in [0, 0.05) is 11.1 Å². The summed E-state index contributed by atoms with van der Waals surface area (Å²) >= 11 is 0. The molecule has 0 spiro atoms. The summed E-state index contributed by atoms with van der Waals surface area (Å²) < 4.78 is 2.36. The lowest BCUT2D eigenvalue weighted by Crippen LogP contribution is -2.51. The number of benzene rings is 4. The number of hydrogen-bond acceptors (Lipinski definition) is 4. The van der Waals surface area contributed by atoms with Crippen LogP contribution in [-0.2, 0) is 5.54 Å². The van der Waals surface area contributed by atoms with E-state index < -0.39 is 0 Å². The Morgan fingerprint density at radius 2 is 1.02 bits per heavy atom. The summed E-state index contributed by atoms with van der Waals surface area (Å²) in [6.45, 7) is 9.07. The van der Waals surface area contributed by atoms with Crippen molar-refractivity contribution in [2.24, 2.45) is 0 Å². The number of anilines is 2. The van der Waals surface area contributed by atoms with Gasteiger partial charge in [-0.3, -0.25) is 4.90 Å². The standard InChI is InChI=1S/C35H31N5/c1-34(2)35(3,4)40(33-38-30-22-27(20-21-31(30)39(33)34)24-14-8-5-9-15-24)32-36-28(25-16-10-6-11-17-25)23-29(37-32)26-18-12-7-13-19-26/h5-23H,1-4H3. The fourth-order valence-electron chi connectivity index (χ4n) is 5.76. The van der Waals surface area contributed by atoms with Gasteiger partial charge in [-0.05, 0) is 57.0 Å². The molecule has 6 aromatic rings. The van der Waals surface area contributed by atoms with Crippen LogP contribution in [0.4, 0.5) is 11.9 Å². The highest BCUT2D eigenvalue weighted by atomic mass is 15.5. The van der Waals surface area contributed by atoms with Crippen LogP contribution in [0.25, 0.3) is 44.7 Å². The minimum absolute atomic E-state index is 0.287. The first kappa shape index (κ1) is 24.3. The van der Waals surface area contributed by atoms with Crippen molar-refractivity contribution in [3.8, 4) is 33.6 Å². The van der Waals surface area contributed by atoms with E-state index in [2.05, 4.69) is 110 Å². The topological polar surface area (TPSA) is 46.8 Å². The van der Waals surface area contributed by atoms with Gasteiger partial charge in [0.15, 0.2) is 0 Å². The quantitative estimate of drug-likeness (QED) is 0.233. The average molecular weight is 522 g/mol. The van der Waals surface area contributed by atoms with Gasteiger partial charge in [0.25, 0.3) is 0 Å². The number of imidazole rings is 1. The summed E-state index contributed by atoms with van der Waals surface area (Å²) in [5, 5.41) is 0. The van der Waals surface area contributed by atoms with Crippen LogP contribution in [0.15, 0.2) is 115 Å². The van der Waals surface area contributed by atoms with Gasteiger partial charge in [-0.2, -0.15) is 0 Å². The zero-order valence-electron chi connectivity index (χ0n) is 23.2. The van der Waals surface area contributed by atoms with Gasteiger partial charge < -0.3 is 4.57 Å². The maximum absolute atomic E-state index is 5.24. The predicted molar refractivity (Wildman–Crippen MR) is 164 cm³/mol. The maximum Gasteiger partial charge on any atom is 0.233 e. The summed E-state index contributed by atoms with van der Waals surface area (Å²) in [6.07, 6.45) is 0. The van der Waals surface area contributed by atoms with E-state index in [1.807, 2.05) is 42.5 Å². The molecule has 7 rings (SSSR count). The molecule has 0 radical (unpaired) electrons. The summed E-state index contributed by atoms with van der Waals surface area (Å²) in [5.74, 6) is 1.51. The van der Waals surface area contributed by atoms with Crippen LogP contribution >= 0.6 is 0 Å². The Morgan fingerprint density at radius 3 is 1.57 bits per heavy atom. The SMILES string of the molecule is CC1(C)N(c2nc(-c3ccccc3)cc(-c3ccccc3)n2)c2nc3cc(-c4ccccc4)ccc3n2C1(C)C. The van der Waals surface area contributed by atoms with E-state index in [1.165, 1.54) is 5.56 Å². The van der Waals surface area contributed by atoms with Crippen LogP contribution < -0.4 is 4.90 Å². The van der Waals surface area contributed by atoms with Crippen LogP contribution in [0, 0.1) is 0 Å². The van der Waals surface area contributed by atoms with Crippen molar-refractivity contribution in [2.75, 3.05) is 4.90 Å². The monoisotopic (exact) mass is 521 g/mol. The van der Waals surface area contributed by atoms with Crippen LogP contribution in [0.5, 0.6) is 0 Å². The molecule has 4 aromatic carbocycles. The number of fused-ring (bicyclic) bond motifs is 3. The molecule has 0 unspecified atom stereocenters. The van der Waals surface area contributed by atoms with Crippen molar-refractivity contribution in [1.29, 1.82) is 0 Å². The Labute approximate surface area is 234 Å². The Balaban J connectivity index is 1.45. The molecule has 5 heteroatoms. The normalized spacial score (nSPS) is 15.3. The fraction of sp³-hybridized carbons (Fsp3) is 0.171. The molecule has 0 bridgehead atoms. The molecular weight excluding hydrogens is 490 g/mol. The third-order valence-electron chi connectivity index (χ3n) is 8.61. The minimum Gasteiger partial charge on any atom is -0.302 e. The molecule has 2 aromatic heterocycles. The number of rotatable bonds is 4. The summed E-state index contributed by atoms with van der Waals surface area (Å²) in [4.78, 5) is 17.8. The second-order valence-electron chi connectivity index (χ2n) is 11.4. The lowest BCUT2D eigenvalue weighted by Gasteiger charge is -2.40. The zero-order chi connectivity index (χ0) is 27.5. The maximum atomic E-state index is 5.24. The Bertz CT molecular complexity index is 1780. The Kier molecular flexibility index (Phi) is 5.39. The smallest absolute Gasteiger partial charge is 0.233 e. The summed E-state index contributed by atoms with van der Waals surface area (Å²) in [7, 11) is 0. The van der Waals surface area contributed by atoms with Crippen molar-refractivity contribution >= 4 is 22.9 Å². The molecular formula is C35H31N5. The molecule has 3 heterocycles. The molecule has 1 aliphatic rings. The van der Waals surface area contributed by atoms with Crippen molar-refractivity contribution < 1.29 is 0 Å². The summed E-state index contributed by atoms with van der Waals surface area (Å²) in [5.41, 5.74) is 7.65. The van der Waals surface area contributed by atoms with Crippen molar-refractivity contribution in [3.63, 3.8) is 0 Å². The second kappa shape index (κ2) is 8.88. The number of aromatic nitrogens is 4. The largest absolute Gasteiger partial charge is 0.302 e. The molecule has 0 aliphatic carbocycles. The molecule has 0 fully saturated rings. The van der Waals surface area contributed by atoms with E-state index in [9.17, 15) is 0 Å². The highest BCUT2D eigenvalue weighted by molar-refractivity contribution is 5.87. The molecule has 0 amide bonds. The van der Waals surface area contributed by atoms with Gasteiger partial charge in [0.1, 0.15) is 0 Å². The first-order valence-corrected chi connectivity index (χ1v) is 13.7. The number of nitrogens with zero attached hydrogens (tertiary/aromatic N) is 5. The van der Waals surface area contributed by atoms with Gasteiger partial charge in [0.2, 0.25) is 11.9 Å². The van der Waals surface area contributed by atoms with Crippen molar-refractivity contribution in [2.45, 2.75) is 38.8 Å². The van der Waals surface area contributed by atoms with Crippen LogP contribution in [0.3, 0.4) is 0 Å². The number of hydrogen-bond donors (Lipinski definition) is 0. The molecule has 40 heavy (non-hydrogen) atoms.